The molecule has 13 heavy (non-hydrogen) atoms. The Labute approximate surface area is 76.8 Å². The molecule has 0 aromatic carbocycles. The van der Waals surface area contributed by atoms with E-state index in [2.05, 4.69) is 15.4 Å². The van der Waals surface area contributed by atoms with Gasteiger partial charge in [-0.3, -0.25) is 0 Å². The van der Waals surface area contributed by atoms with Crippen LogP contribution in [0.2, 0.25) is 0 Å². The van der Waals surface area contributed by atoms with Gasteiger partial charge in [0.25, 0.3) is 0 Å². The predicted molar refractivity (Wildman–Crippen MR) is 47.3 cm³/mol. The summed E-state index contributed by atoms with van der Waals surface area (Å²) in [4.78, 5) is 4.17. The van der Waals surface area contributed by atoms with Gasteiger partial charge in [-0.1, -0.05) is 0 Å². The summed E-state index contributed by atoms with van der Waals surface area (Å²) >= 11 is 0. The predicted octanol–water partition coefficient (Wildman–Crippen LogP) is -0.654. The first-order chi connectivity index (χ1) is 6.33. The van der Waals surface area contributed by atoms with E-state index in [9.17, 15) is 5.11 Å². The monoisotopic (exact) mass is 182 g/mol. The highest BCUT2D eigenvalue weighted by molar-refractivity contribution is 5.04. The molecule has 1 aliphatic rings. The van der Waals surface area contributed by atoms with Gasteiger partial charge in [0.15, 0.2) is 0 Å². The van der Waals surface area contributed by atoms with Crippen LogP contribution in [0.5, 0.6) is 0 Å². The Hall–Kier alpha value is -0.940. The van der Waals surface area contributed by atoms with E-state index in [0.29, 0.717) is 6.54 Å². The maximum absolute atomic E-state index is 9.64. The Morgan fingerprint density at radius 1 is 1.69 bits per heavy atom. The summed E-state index contributed by atoms with van der Waals surface area (Å²) in [6, 6.07) is 0. The molecule has 1 aromatic rings. The number of hydrogen-bond donors (Lipinski definition) is 2. The first-order valence-electron chi connectivity index (χ1n) is 4.59. The summed E-state index contributed by atoms with van der Waals surface area (Å²) < 4.78 is 1.83. The fourth-order valence-electron chi connectivity index (χ4n) is 1.73. The van der Waals surface area contributed by atoms with Crippen molar-refractivity contribution in [1.29, 1.82) is 0 Å². The zero-order valence-corrected chi connectivity index (χ0v) is 7.64. The Bertz CT molecular complexity index is 285. The number of nitrogens with zero attached hydrogens (tertiary/aromatic N) is 3. The molecule has 1 fully saturated rings. The van der Waals surface area contributed by atoms with Gasteiger partial charge in [0.2, 0.25) is 0 Å². The van der Waals surface area contributed by atoms with Crippen LogP contribution in [0.3, 0.4) is 0 Å². The fraction of sp³-hybridized carbons (Fsp3) is 0.750. The Balaban J connectivity index is 2.23. The fourth-order valence-corrected chi connectivity index (χ4v) is 1.73. The molecule has 0 amide bonds. The Kier molecular flexibility index (Phi) is 2.28. The van der Waals surface area contributed by atoms with E-state index in [1.165, 1.54) is 0 Å². The number of nitrogens with one attached hydrogen (secondary N) is 1. The molecule has 1 saturated heterocycles. The smallest absolute Gasteiger partial charge is 0.138 e. The first kappa shape index (κ1) is 8.65. The molecule has 5 heteroatoms. The topological polar surface area (TPSA) is 63.0 Å². The molecule has 2 N–H and O–H groups in total. The zero-order valence-electron chi connectivity index (χ0n) is 7.64. The number of hydrogen-bond acceptors (Lipinski definition) is 4. The van der Waals surface area contributed by atoms with Crippen molar-refractivity contribution < 1.29 is 5.11 Å². The van der Waals surface area contributed by atoms with Gasteiger partial charge in [-0.25, -0.2) is 9.67 Å². The van der Waals surface area contributed by atoms with Crippen LogP contribution in [0.4, 0.5) is 0 Å². The van der Waals surface area contributed by atoms with Gasteiger partial charge in [0.1, 0.15) is 12.2 Å². The van der Waals surface area contributed by atoms with E-state index < -0.39 is 0 Å². The highest BCUT2D eigenvalue weighted by Crippen LogP contribution is 2.20. The number of aryl methyl sites for hydroxylation is 1. The van der Waals surface area contributed by atoms with Crippen LogP contribution in [-0.2, 0) is 6.54 Å². The van der Waals surface area contributed by atoms with Crippen molar-refractivity contribution in [2.75, 3.05) is 13.1 Å². The van der Waals surface area contributed by atoms with Crippen LogP contribution in [-0.4, -0.2) is 39.1 Å². The third kappa shape index (κ3) is 1.45. The summed E-state index contributed by atoms with van der Waals surface area (Å²) in [5, 5.41) is 16.8. The average molecular weight is 182 g/mol. The molecule has 0 unspecified atom stereocenters. The zero-order chi connectivity index (χ0) is 9.26. The average Bonchev–Trinajstić information content (AvgIpc) is 2.71. The summed E-state index contributed by atoms with van der Waals surface area (Å²) in [7, 11) is 0. The van der Waals surface area contributed by atoms with Gasteiger partial charge in [-0.05, 0) is 6.92 Å². The van der Waals surface area contributed by atoms with Gasteiger partial charge >= 0.3 is 0 Å². The second-order valence-electron chi connectivity index (χ2n) is 3.27. The second-order valence-corrected chi connectivity index (χ2v) is 3.27. The van der Waals surface area contributed by atoms with Crippen molar-refractivity contribution in [1.82, 2.24) is 20.1 Å². The van der Waals surface area contributed by atoms with Crippen LogP contribution in [0.25, 0.3) is 0 Å². The minimum atomic E-state index is -0.325. The maximum Gasteiger partial charge on any atom is 0.138 e. The van der Waals surface area contributed by atoms with Gasteiger partial charge in [-0.2, -0.15) is 5.10 Å². The molecule has 5 nitrogen and oxygen atoms in total. The van der Waals surface area contributed by atoms with E-state index in [1.807, 2.05) is 11.6 Å². The molecule has 2 atom stereocenters. The van der Waals surface area contributed by atoms with Gasteiger partial charge in [0, 0.05) is 19.6 Å². The molecule has 0 radical (unpaired) electrons. The van der Waals surface area contributed by atoms with Crippen LogP contribution >= 0.6 is 0 Å². The molecule has 2 rings (SSSR count). The van der Waals surface area contributed by atoms with E-state index >= 15 is 0 Å². The summed E-state index contributed by atoms with van der Waals surface area (Å²) in [5.41, 5.74) is 0. The molecule has 0 spiro atoms. The first-order valence-corrected chi connectivity index (χ1v) is 4.59. The lowest BCUT2D eigenvalue weighted by Gasteiger charge is -2.12. The highest BCUT2D eigenvalue weighted by atomic mass is 16.3. The molecular weight excluding hydrogens is 168 g/mol. The van der Waals surface area contributed by atoms with Crippen molar-refractivity contribution in [2.45, 2.75) is 25.5 Å². The van der Waals surface area contributed by atoms with Crippen molar-refractivity contribution >= 4 is 0 Å². The molecule has 1 aromatic heterocycles. The van der Waals surface area contributed by atoms with Crippen LogP contribution in [0.1, 0.15) is 18.7 Å². The van der Waals surface area contributed by atoms with E-state index in [4.69, 9.17) is 0 Å². The standard InChI is InChI=1S/C8H14N4O/c1-2-12-8(10-5-11-12)6-3-9-4-7(6)13/h5-7,9,13H,2-4H2,1H3/t6-,7-/m1/s1. The summed E-state index contributed by atoms with van der Waals surface area (Å²) in [6.07, 6.45) is 1.22. The largest absolute Gasteiger partial charge is 0.391 e. The lowest BCUT2D eigenvalue weighted by Crippen LogP contribution is -2.20. The van der Waals surface area contributed by atoms with Crippen LogP contribution in [0, 0.1) is 0 Å². The van der Waals surface area contributed by atoms with Crippen LogP contribution in [0.15, 0.2) is 6.33 Å². The van der Waals surface area contributed by atoms with Crippen molar-refractivity contribution in [3.8, 4) is 0 Å². The normalized spacial score (nSPS) is 28.2. The van der Waals surface area contributed by atoms with Gasteiger partial charge in [0.05, 0.1) is 12.0 Å². The quantitative estimate of drug-likeness (QED) is 0.637. The minimum absolute atomic E-state index is 0.0995. The van der Waals surface area contributed by atoms with Gasteiger partial charge in [-0.15, -0.1) is 0 Å². The number of aliphatic hydroxyl groups excluding tert-OH is 1. The molecule has 0 saturated carbocycles. The molecule has 0 bridgehead atoms. The molecule has 2 heterocycles. The Morgan fingerprint density at radius 2 is 2.54 bits per heavy atom. The highest BCUT2D eigenvalue weighted by Gasteiger charge is 2.29. The molecule has 72 valence electrons. The summed E-state index contributed by atoms with van der Waals surface area (Å²) in [6.45, 7) is 4.27. The minimum Gasteiger partial charge on any atom is -0.391 e. The number of aromatic nitrogens is 3. The Morgan fingerprint density at radius 3 is 3.15 bits per heavy atom. The molecule has 0 aliphatic carbocycles. The van der Waals surface area contributed by atoms with Crippen molar-refractivity contribution in [2.24, 2.45) is 0 Å². The third-order valence-electron chi connectivity index (χ3n) is 2.46. The van der Waals surface area contributed by atoms with E-state index in [-0.39, 0.29) is 12.0 Å². The summed E-state index contributed by atoms with van der Waals surface area (Å²) in [5.74, 6) is 0.988. The van der Waals surface area contributed by atoms with E-state index in [1.54, 1.807) is 6.33 Å². The SMILES string of the molecule is CCn1ncnc1[C@@H]1CNC[C@H]1O. The van der Waals surface area contributed by atoms with Crippen molar-refractivity contribution in [3.05, 3.63) is 12.2 Å². The lowest BCUT2D eigenvalue weighted by atomic mass is 10.1. The third-order valence-corrected chi connectivity index (χ3v) is 2.46. The van der Waals surface area contributed by atoms with Crippen LogP contribution < -0.4 is 5.32 Å². The van der Waals surface area contributed by atoms with E-state index in [0.717, 1.165) is 18.9 Å². The van der Waals surface area contributed by atoms with Gasteiger partial charge < -0.3 is 10.4 Å². The lowest BCUT2D eigenvalue weighted by molar-refractivity contribution is 0.172. The number of rotatable bonds is 2. The number of β-amino-alcohol motifs (C(OH)–C–C–N with tert-alkyl or cyclic N) is 1. The molecular formula is C8H14N4O. The van der Waals surface area contributed by atoms with Crippen molar-refractivity contribution in [3.63, 3.8) is 0 Å². The second kappa shape index (κ2) is 3.43. The molecule has 1 aliphatic heterocycles. The maximum atomic E-state index is 9.64. The number of aliphatic hydroxyl groups is 1.